The van der Waals surface area contributed by atoms with Crippen molar-refractivity contribution in [3.8, 4) is 5.75 Å². The molecule has 2 heterocycles. The highest BCUT2D eigenvalue weighted by Crippen LogP contribution is 2.49. The zero-order chi connectivity index (χ0) is 43.3. The lowest BCUT2D eigenvalue weighted by molar-refractivity contribution is -0.153. The number of fused-ring (bicyclic) bond motifs is 1. The van der Waals surface area contributed by atoms with Crippen LogP contribution in [0.2, 0.25) is 0 Å². The highest BCUT2D eigenvalue weighted by Gasteiger charge is 2.44. The van der Waals surface area contributed by atoms with Gasteiger partial charge in [0, 0.05) is 13.1 Å². The number of rotatable bonds is 23. The molecule has 3 aromatic rings. The van der Waals surface area contributed by atoms with E-state index in [0.717, 1.165) is 40.6 Å². The molecule has 2 aliphatic heterocycles. The van der Waals surface area contributed by atoms with Gasteiger partial charge in [0.2, 0.25) is 10.0 Å². The van der Waals surface area contributed by atoms with Gasteiger partial charge in [-0.25, -0.2) is 22.4 Å². The lowest BCUT2D eigenvalue weighted by Crippen LogP contribution is -2.51. The van der Waals surface area contributed by atoms with Crippen LogP contribution in [0.25, 0.3) is 0 Å². The minimum atomic E-state index is -4.18. The van der Waals surface area contributed by atoms with Gasteiger partial charge < -0.3 is 38.6 Å². The predicted octanol–water partition coefficient (Wildman–Crippen LogP) is 6.43. The average molecular weight is 879 g/mol. The number of halogens is 1. The van der Waals surface area contributed by atoms with Crippen LogP contribution in [-0.2, 0) is 60.4 Å². The third-order valence-corrected chi connectivity index (χ3v) is 13.4. The van der Waals surface area contributed by atoms with E-state index in [1.54, 1.807) is 24.3 Å². The van der Waals surface area contributed by atoms with E-state index < -0.39 is 79.0 Å². The molecule has 15 nitrogen and oxygen atoms in total. The molecule has 60 heavy (non-hydrogen) atoms. The highest BCUT2D eigenvalue weighted by molar-refractivity contribution is 7.89. The minimum Gasteiger partial charge on any atom is -0.481 e. The number of benzene rings is 3. The second-order valence-electron chi connectivity index (χ2n) is 15.2. The molecule has 3 aromatic carbocycles. The number of amides is 1. The SMILES string of the molecule is CCCCOP(=O)(COc1ccc(C[C@H](NC(=O)O[C@H]2CO[C@H]3OCC[C@H]32)[C@H](O)CN(CC(C)C)S(=O)(=O)c2ccc(F)cc2)cc1)O[C@@H](C)C(=O)OCc1ccccc1. The maximum Gasteiger partial charge on any atom is 0.407 e. The number of carbonyl (C=O) groups excluding carboxylic acids is 2. The molecule has 18 heteroatoms. The first kappa shape index (κ1) is 47.1. The van der Waals surface area contributed by atoms with Crippen molar-refractivity contribution in [3.05, 3.63) is 95.8 Å². The van der Waals surface area contributed by atoms with E-state index in [-0.39, 0.29) is 55.3 Å². The van der Waals surface area contributed by atoms with Crippen LogP contribution < -0.4 is 10.1 Å². The molecule has 1 amide bonds. The smallest absolute Gasteiger partial charge is 0.407 e. The van der Waals surface area contributed by atoms with Crippen LogP contribution >= 0.6 is 7.60 Å². The maximum absolute atomic E-state index is 13.8. The first-order valence-electron chi connectivity index (χ1n) is 20.1. The number of sulfonamides is 1. The van der Waals surface area contributed by atoms with Crippen LogP contribution in [0.1, 0.15) is 58.1 Å². The molecule has 0 radical (unpaired) electrons. The second kappa shape index (κ2) is 22.2. The fraction of sp³-hybridized carbons (Fsp3) is 0.524. The van der Waals surface area contributed by atoms with Crippen LogP contribution in [0.15, 0.2) is 83.8 Å². The van der Waals surface area contributed by atoms with Gasteiger partial charge in [-0.1, -0.05) is 69.7 Å². The molecule has 0 spiro atoms. The minimum absolute atomic E-state index is 0.0168. The fourth-order valence-corrected chi connectivity index (χ4v) is 9.73. The van der Waals surface area contributed by atoms with Gasteiger partial charge in [-0.05, 0) is 79.6 Å². The van der Waals surface area contributed by atoms with Gasteiger partial charge in [0.1, 0.15) is 24.3 Å². The number of alkyl carbamates (subject to hydrolysis) is 1. The number of hydrogen-bond donors (Lipinski definition) is 2. The Balaban J connectivity index is 1.27. The summed E-state index contributed by atoms with van der Waals surface area (Å²) in [5.74, 6) is -1.31. The molecular weight excluding hydrogens is 823 g/mol. The fourth-order valence-electron chi connectivity index (χ4n) is 6.63. The van der Waals surface area contributed by atoms with Crippen molar-refractivity contribution < 1.29 is 64.8 Å². The molecule has 0 bridgehead atoms. The summed E-state index contributed by atoms with van der Waals surface area (Å²) in [7, 11) is -8.16. The Morgan fingerprint density at radius 2 is 1.70 bits per heavy atom. The van der Waals surface area contributed by atoms with Crippen LogP contribution in [0.5, 0.6) is 5.75 Å². The van der Waals surface area contributed by atoms with Crippen molar-refractivity contribution in [3.63, 3.8) is 0 Å². The summed E-state index contributed by atoms with van der Waals surface area (Å²) in [6, 6.07) is 19.0. The number of aliphatic hydroxyl groups excluding tert-OH is 1. The number of carbonyl (C=O) groups is 2. The molecule has 2 N–H and O–H groups in total. The standard InChI is InChI=1S/C42H56FN2O13PS/c1-5-6-21-56-59(49,58-30(4)40(47)53-26-32-10-8-7-9-11-32)28-55-34-16-12-31(13-17-34)23-37(44-42(48)57-39-27-54-41-36(39)20-22-52-41)38(46)25-45(24-29(2)3)60(50,51)35-18-14-33(43)15-19-35/h7-19,29-30,36-39,41,46H,5-6,20-28H2,1-4H3,(H,44,48)/t30-,36-,37-,38+,39-,41+,59?/m0/s1. The monoisotopic (exact) mass is 878 g/mol. The first-order valence-corrected chi connectivity index (χ1v) is 23.3. The van der Waals surface area contributed by atoms with Gasteiger partial charge in [-0.2, -0.15) is 4.31 Å². The third kappa shape index (κ3) is 13.8. The number of hydrogen-bond acceptors (Lipinski definition) is 13. The van der Waals surface area contributed by atoms with Crippen LogP contribution in [0.3, 0.4) is 0 Å². The lowest BCUT2D eigenvalue weighted by atomic mass is 10.0. The van der Waals surface area contributed by atoms with Crippen molar-refractivity contribution in [2.45, 2.75) is 95.5 Å². The van der Waals surface area contributed by atoms with Crippen molar-refractivity contribution >= 4 is 29.7 Å². The third-order valence-electron chi connectivity index (χ3n) is 9.85. The Bertz CT molecular complexity index is 1980. The van der Waals surface area contributed by atoms with E-state index in [2.05, 4.69) is 5.32 Å². The topological polar surface area (TPSA) is 185 Å². The van der Waals surface area contributed by atoms with Gasteiger partial charge in [0.25, 0.3) is 0 Å². The van der Waals surface area contributed by atoms with E-state index >= 15 is 0 Å². The Hall–Kier alpha value is -3.93. The van der Waals surface area contributed by atoms with Gasteiger partial charge in [-0.3, -0.25) is 9.09 Å². The maximum atomic E-state index is 13.8. The van der Waals surface area contributed by atoms with E-state index in [0.29, 0.717) is 25.0 Å². The van der Waals surface area contributed by atoms with Crippen molar-refractivity contribution in [1.82, 2.24) is 9.62 Å². The second-order valence-corrected chi connectivity index (χ2v) is 19.1. The zero-order valence-corrected chi connectivity index (χ0v) is 36.1. The van der Waals surface area contributed by atoms with Crippen molar-refractivity contribution in [2.24, 2.45) is 11.8 Å². The molecule has 1 unspecified atom stereocenters. The predicted molar refractivity (Wildman–Crippen MR) is 218 cm³/mol. The van der Waals surface area contributed by atoms with Crippen molar-refractivity contribution in [1.29, 1.82) is 0 Å². The van der Waals surface area contributed by atoms with Gasteiger partial charge in [0.15, 0.2) is 18.7 Å². The average Bonchev–Trinajstić information content (AvgIpc) is 3.85. The molecular formula is C42H56FN2O13PS. The van der Waals surface area contributed by atoms with Gasteiger partial charge >= 0.3 is 19.7 Å². The summed E-state index contributed by atoms with van der Waals surface area (Å²) in [5.41, 5.74) is 1.40. The normalized spacial score (nSPS) is 20.2. The number of nitrogens with zero attached hydrogens (tertiary/aromatic N) is 1. The summed E-state index contributed by atoms with van der Waals surface area (Å²) in [6.07, 6.45) is -2.96. The Morgan fingerprint density at radius 1 is 0.983 bits per heavy atom. The first-order chi connectivity index (χ1) is 28.7. The van der Waals surface area contributed by atoms with E-state index in [4.69, 9.17) is 32.7 Å². The number of nitrogens with one attached hydrogen (secondary N) is 1. The number of esters is 1. The molecule has 2 fully saturated rings. The van der Waals surface area contributed by atoms with Crippen LogP contribution in [0.4, 0.5) is 9.18 Å². The molecule has 7 atom stereocenters. The Labute approximate surface area is 351 Å². The number of unbranched alkanes of at least 4 members (excludes halogenated alkanes) is 1. The van der Waals surface area contributed by atoms with Crippen molar-refractivity contribution in [2.75, 3.05) is 39.3 Å². The molecule has 2 aliphatic rings. The summed E-state index contributed by atoms with van der Waals surface area (Å²) < 4.78 is 95.5. The summed E-state index contributed by atoms with van der Waals surface area (Å²) in [5, 5.41) is 14.4. The zero-order valence-electron chi connectivity index (χ0n) is 34.4. The van der Waals surface area contributed by atoms with Crippen LogP contribution in [-0.4, -0.2) is 99.8 Å². The molecule has 2 saturated heterocycles. The highest BCUT2D eigenvalue weighted by atomic mass is 32.2. The molecule has 330 valence electrons. The summed E-state index contributed by atoms with van der Waals surface area (Å²) in [6.45, 7) is 7.40. The summed E-state index contributed by atoms with van der Waals surface area (Å²) in [4.78, 5) is 25.9. The molecule has 0 aromatic heterocycles. The van der Waals surface area contributed by atoms with Gasteiger partial charge in [-0.15, -0.1) is 0 Å². The quantitative estimate of drug-likeness (QED) is 0.0604. The Kier molecular flexibility index (Phi) is 17.5. The van der Waals surface area contributed by atoms with E-state index in [1.807, 2.05) is 51.1 Å². The molecule has 0 aliphatic carbocycles. The van der Waals surface area contributed by atoms with E-state index in [1.165, 1.54) is 6.92 Å². The lowest BCUT2D eigenvalue weighted by Gasteiger charge is -2.31. The Morgan fingerprint density at radius 3 is 2.38 bits per heavy atom. The molecule has 5 rings (SSSR count). The number of aliphatic hydroxyl groups is 1. The largest absolute Gasteiger partial charge is 0.481 e. The van der Waals surface area contributed by atoms with Crippen LogP contribution in [0, 0.1) is 17.7 Å². The van der Waals surface area contributed by atoms with Gasteiger partial charge in [0.05, 0.1) is 42.8 Å². The summed E-state index contributed by atoms with van der Waals surface area (Å²) >= 11 is 0. The number of ether oxygens (including phenoxy) is 5. The van der Waals surface area contributed by atoms with E-state index in [9.17, 15) is 32.1 Å². The molecule has 0 saturated carbocycles.